The van der Waals surface area contributed by atoms with E-state index in [1.807, 2.05) is 6.92 Å². The first kappa shape index (κ1) is 16.9. The zero-order valence-corrected chi connectivity index (χ0v) is 14.5. The quantitative estimate of drug-likeness (QED) is 0.782. The number of fused-ring (bicyclic) bond motifs is 1. The van der Waals surface area contributed by atoms with Crippen LogP contribution >= 0.6 is 0 Å². The Balaban J connectivity index is 2.07. The molecule has 128 valence electrons. The second-order valence-electron chi connectivity index (χ2n) is 5.39. The maximum absolute atomic E-state index is 12.7. The number of nitriles is 1. The first-order valence-electron chi connectivity index (χ1n) is 7.37. The molecule has 0 saturated carbocycles. The highest BCUT2D eigenvalue weighted by atomic mass is 32.2. The molecule has 1 aliphatic heterocycles. The molecule has 0 saturated heterocycles. The first-order chi connectivity index (χ1) is 12.0. The van der Waals surface area contributed by atoms with Crippen molar-refractivity contribution in [2.24, 2.45) is 0 Å². The summed E-state index contributed by atoms with van der Waals surface area (Å²) < 4.78 is 41.2. The number of hydrogen-bond donors (Lipinski definition) is 0. The van der Waals surface area contributed by atoms with E-state index in [-0.39, 0.29) is 16.6 Å². The molecule has 0 fully saturated rings. The second-order valence-corrected chi connectivity index (χ2v) is 7.31. The molecular weight excluding hydrogens is 342 g/mol. The summed E-state index contributed by atoms with van der Waals surface area (Å²) in [6.07, 6.45) is 1.29. The lowest BCUT2D eigenvalue weighted by atomic mass is 10.1. The number of allylic oxidation sites excluding steroid dienone is 1. The van der Waals surface area contributed by atoms with E-state index >= 15 is 0 Å². The van der Waals surface area contributed by atoms with E-state index in [1.165, 1.54) is 25.3 Å². The van der Waals surface area contributed by atoms with Crippen molar-refractivity contribution in [2.75, 3.05) is 13.9 Å². The van der Waals surface area contributed by atoms with Crippen molar-refractivity contribution in [3.63, 3.8) is 0 Å². The molecule has 0 radical (unpaired) electrons. The molecule has 3 rings (SSSR count). The average Bonchev–Trinajstić information content (AvgIpc) is 3.07. The molecule has 2 aromatic rings. The van der Waals surface area contributed by atoms with Crippen LogP contribution in [0.15, 0.2) is 46.2 Å². The summed E-state index contributed by atoms with van der Waals surface area (Å²) in [6.45, 7) is 1.92. The lowest BCUT2D eigenvalue weighted by Gasteiger charge is -2.07. The number of sulfone groups is 1. The number of hydrogen-bond acceptors (Lipinski definition) is 6. The Labute approximate surface area is 145 Å². The highest BCUT2D eigenvalue weighted by molar-refractivity contribution is 7.95. The van der Waals surface area contributed by atoms with Gasteiger partial charge < -0.3 is 14.2 Å². The van der Waals surface area contributed by atoms with Crippen molar-refractivity contribution < 1.29 is 22.6 Å². The van der Waals surface area contributed by atoms with Gasteiger partial charge in [0.25, 0.3) is 0 Å². The number of ether oxygens (including phenoxy) is 3. The lowest BCUT2D eigenvalue weighted by molar-refractivity contribution is 0.171. The van der Waals surface area contributed by atoms with Crippen molar-refractivity contribution in [1.29, 1.82) is 5.26 Å². The number of nitrogens with zero attached hydrogens (tertiary/aromatic N) is 1. The molecular formula is C18H15NO5S. The van der Waals surface area contributed by atoms with E-state index < -0.39 is 9.84 Å². The van der Waals surface area contributed by atoms with Crippen molar-refractivity contribution in [2.45, 2.75) is 11.8 Å². The number of methoxy groups -OCH3 is 1. The summed E-state index contributed by atoms with van der Waals surface area (Å²) in [4.78, 5) is -0.295. The third-order valence-electron chi connectivity index (χ3n) is 3.71. The fourth-order valence-corrected chi connectivity index (χ4v) is 3.56. The third-order valence-corrected chi connectivity index (χ3v) is 5.39. The van der Waals surface area contributed by atoms with Gasteiger partial charge in [-0.2, -0.15) is 5.26 Å². The largest absolute Gasteiger partial charge is 0.493 e. The molecule has 0 amide bonds. The number of benzene rings is 2. The Bertz CT molecular complexity index is 985. The Kier molecular flexibility index (Phi) is 4.38. The molecule has 0 spiro atoms. The minimum absolute atomic E-state index is 0.0611. The molecule has 0 bridgehead atoms. The van der Waals surface area contributed by atoms with E-state index in [0.717, 1.165) is 5.56 Å². The number of aryl methyl sites for hydroxylation is 1. The summed E-state index contributed by atoms with van der Waals surface area (Å²) in [5, 5.41) is 9.37. The predicted octanol–water partition coefficient (Wildman–Crippen LogP) is 3.07. The van der Waals surface area contributed by atoms with Crippen LogP contribution in [0.5, 0.6) is 17.2 Å². The van der Waals surface area contributed by atoms with Crippen LogP contribution in [0.3, 0.4) is 0 Å². The smallest absolute Gasteiger partial charge is 0.231 e. The van der Waals surface area contributed by atoms with Crippen LogP contribution in [0.25, 0.3) is 6.08 Å². The molecule has 0 atom stereocenters. The van der Waals surface area contributed by atoms with Crippen LogP contribution in [0.2, 0.25) is 0 Å². The van der Waals surface area contributed by atoms with Gasteiger partial charge in [0.1, 0.15) is 11.0 Å². The van der Waals surface area contributed by atoms with Crippen LogP contribution in [-0.4, -0.2) is 22.3 Å². The van der Waals surface area contributed by atoms with Gasteiger partial charge in [-0.3, -0.25) is 0 Å². The Morgan fingerprint density at radius 1 is 1.24 bits per heavy atom. The Morgan fingerprint density at radius 3 is 2.60 bits per heavy atom. The summed E-state index contributed by atoms with van der Waals surface area (Å²) in [5.74, 6) is 1.31. The van der Waals surface area contributed by atoms with Gasteiger partial charge in [-0.05, 0) is 42.8 Å². The topological polar surface area (TPSA) is 85.6 Å². The molecule has 0 unspecified atom stereocenters. The van der Waals surface area contributed by atoms with E-state index in [2.05, 4.69) is 0 Å². The number of rotatable bonds is 4. The van der Waals surface area contributed by atoms with E-state index in [9.17, 15) is 13.7 Å². The molecule has 25 heavy (non-hydrogen) atoms. The average molecular weight is 357 g/mol. The van der Waals surface area contributed by atoms with Crippen LogP contribution in [0.1, 0.15) is 11.1 Å². The molecule has 0 aliphatic carbocycles. The molecule has 6 nitrogen and oxygen atoms in total. The van der Waals surface area contributed by atoms with Gasteiger partial charge in [-0.1, -0.05) is 17.7 Å². The fraction of sp³-hybridized carbons (Fsp3) is 0.167. The van der Waals surface area contributed by atoms with Gasteiger partial charge in [0.05, 0.1) is 12.0 Å². The molecule has 0 aromatic heterocycles. The SMILES string of the molecule is COc1cc(/C=C(\C#N)S(=O)(=O)c2ccc(C)cc2)cc2c1OCO2. The molecule has 1 aliphatic rings. The summed E-state index contributed by atoms with van der Waals surface area (Å²) in [5.41, 5.74) is 1.40. The fourth-order valence-electron chi connectivity index (χ4n) is 2.40. The highest BCUT2D eigenvalue weighted by Crippen LogP contribution is 2.42. The van der Waals surface area contributed by atoms with Gasteiger partial charge >= 0.3 is 0 Å². The van der Waals surface area contributed by atoms with Crippen molar-refractivity contribution in [3.05, 3.63) is 52.4 Å². The highest BCUT2D eigenvalue weighted by Gasteiger charge is 2.23. The molecule has 1 heterocycles. The van der Waals surface area contributed by atoms with Crippen molar-refractivity contribution in [3.8, 4) is 23.3 Å². The zero-order valence-electron chi connectivity index (χ0n) is 13.6. The van der Waals surface area contributed by atoms with Crippen LogP contribution in [0, 0.1) is 18.3 Å². The summed E-state index contributed by atoms with van der Waals surface area (Å²) >= 11 is 0. The summed E-state index contributed by atoms with van der Waals surface area (Å²) in [7, 11) is -2.44. The minimum Gasteiger partial charge on any atom is -0.493 e. The lowest BCUT2D eigenvalue weighted by Crippen LogP contribution is -2.03. The van der Waals surface area contributed by atoms with Crippen molar-refractivity contribution in [1.82, 2.24) is 0 Å². The van der Waals surface area contributed by atoms with E-state index in [4.69, 9.17) is 14.2 Å². The normalized spacial score (nSPS) is 13.4. The van der Waals surface area contributed by atoms with Crippen LogP contribution in [-0.2, 0) is 9.84 Å². The zero-order chi connectivity index (χ0) is 18.0. The predicted molar refractivity (Wildman–Crippen MR) is 91.1 cm³/mol. The van der Waals surface area contributed by atoms with Gasteiger partial charge in [-0.15, -0.1) is 0 Å². The molecule has 2 aromatic carbocycles. The van der Waals surface area contributed by atoms with Crippen molar-refractivity contribution >= 4 is 15.9 Å². The van der Waals surface area contributed by atoms with E-state index in [0.29, 0.717) is 22.8 Å². The van der Waals surface area contributed by atoms with E-state index in [1.54, 1.807) is 30.3 Å². The first-order valence-corrected chi connectivity index (χ1v) is 8.85. The van der Waals surface area contributed by atoms with Crippen LogP contribution in [0.4, 0.5) is 0 Å². The maximum atomic E-state index is 12.7. The van der Waals surface area contributed by atoms with Crippen LogP contribution < -0.4 is 14.2 Å². The second kappa shape index (κ2) is 6.49. The standard InChI is InChI=1S/C18H15NO5S/c1-12-3-5-14(6-4-12)25(20,21)15(10-19)7-13-8-16(22-2)18-17(9-13)23-11-24-18/h3-9H,11H2,1-2H3/b15-7+. The minimum atomic E-state index is -3.91. The van der Waals surface area contributed by atoms with Gasteiger partial charge in [0.15, 0.2) is 11.5 Å². The van der Waals surface area contributed by atoms with Gasteiger partial charge in [0.2, 0.25) is 22.4 Å². The summed E-state index contributed by atoms with van der Waals surface area (Å²) in [6, 6.07) is 11.3. The Hall–Kier alpha value is -2.98. The Morgan fingerprint density at radius 2 is 1.96 bits per heavy atom. The molecule has 0 N–H and O–H groups in total. The third kappa shape index (κ3) is 3.16. The molecule has 7 heteroatoms. The van der Waals surface area contributed by atoms with Gasteiger partial charge in [-0.25, -0.2) is 8.42 Å². The maximum Gasteiger partial charge on any atom is 0.231 e. The monoisotopic (exact) mass is 357 g/mol. The van der Waals surface area contributed by atoms with Gasteiger partial charge in [0, 0.05) is 0 Å².